The van der Waals surface area contributed by atoms with Gasteiger partial charge in [0.2, 0.25) is 5.95 Å². The number of benzene rings is 3. The van der Waals surface area contributed by atoms with Gasteiger partial charge >= 0.3 is 5.97 Å². The van der Waals surface area contributed by atoms with Crippen LogP contribution in [0.4, 0.5) is 11.6 Å². The van der Waals surface area contributed by atoms with Gasteiger partial charge in [-0.05, 0) is 72.7 Å². The highest BCUT2D eigenvalue weighted by Gasteiger charge is 2.21. The number of esters is 1. The second kappa shape index (κ2) is 16.8. The first-order valence-corrected chi connectivity index (χ1v) is 17.4. The lowest BCUT2D eigenvalue weighted by Crippen LogP contribution is -2.46. The summed E-state index contributed by atoms with van der Waals surface area (Å²) >= 11 is 0. The van der Waals surface area contributed by atoms with Crippen molar-refractivity contribution in [2.24, 2.45) is 11.8 Å². The number of ether oxygens (including phenoxy) is 1. The van der Waals surface area contributed by atoms with Gasteiger partial charge in [-0.25, -0.2) is 9.78 Å². The highest BCUT2D eigenvalue weighted by Crippen LogP contribution is 2.26. The van der Waals surface area contributed by atoms with Gasteiger partial charge in [-0.1, -0.05) is 58.0 Å². The lowest BCUT2D eigenvalue weighted by molar-refractivity contribution is 0.0600. The molecule has 9 heteroatoms. The summed E-state index contributed by atoms with van der Waals surface area (Å²) in [4.78, 5) is 38.0. The molecule has 0 spiro atoms. The zero-order valence-electron chi connectivity index (χ0n) is 29.3. The topological polar surface area (TPSA) is 82.9 Å². The fraction of sp³-hybridized carbons (Fsp3) is 0.462. The van der Waals surface area contributed by atoms with Crippen molar-refractivity contribution in [2.75, 3.05) is 58.2 Å². The number of rotatable bonds is 15. The van der Waals surface area contributed by atoms with E-state index in [0.717, 1.165) is 88.5 Å². The fourth-order valence-corrected chi connectivity index (χ4v) is 6.09. The summed E-state index contributed by atoms with van der Waals surface area (Å²) in [6.45, 7) is 17.0. The molecular weight excluding hydrogens is 600 g/mol. The Morgan fingerprint density at radius 3 is 2.06 bits per heavy atom. The smallest absolute Gasteiger partial charge is 0.337 e. The molecule has 4 aromatic rings. The number of nitrogens with one attached hydrogen (secondary N) is 1. The van der Waals surface area contributed by atoms with Gasteiger partial charge in [0.05, 0.1) is 23.7 Å². The van der Waals surface area contributed by atoms with Crippen LogP contribution >= 0.6 is 0 Å². The van der Waals surface area contributed by atoms with E-state index in [4.69, 9.17) is 9.72 Å². The van der Waals surface area contributed by atoms with Crippen LogP contribution in [-0.4, -0.2) is 89.1 Å². The van der Waals surface area contributed by atoms with Gasteiger partial charge < -0.3 is 19.5 Å². The highest BCUT2D eigenvalue weighted by atomic mass is 16.5. The molecule has 1 saturated heterocycles. The molecular formula is C39H52N6O3. The van der Waals surface area contributed by atoms with Gasteiger partial charge in [0.1, 0.15) is 0 Å². The van der Waals surface area contributed by atoms with Crippen molar-refractivity contribution >= 4 is 34.5 Å². The minimum absolute atomic E-state index is 0.0772. The number of imidazole rings is 1. The molecule has 0 aliphatic carbocycles. The molecule has 9 nitrogen and oxygen atoms in total. The summed E-state index contributed by atoms with van der Waals surface area (Å²) in [7, 11) is 1.38. The van der Waals surface area contributed by atoms with Gasteiger partial charge in [0.15, 0.2) is 0 Å². The second-order valence-electron chi connectivity index (χ2n) is 13.7. The number of carbonyl (C=O) groups excluding carboxylic acids is 2. The van der Waals surface area contributed by atoms with Crippen molar-refractivity contribution in [1.82, 2.24) is 24.3 Å². The Morgan fingerprint density at radius 2 is 1.44 bits per heavy atom. The van der Waals surface area contributed by atoms with Crippen LogP contribution in [0.25, 0.3) is 11.0 Å². The van der Waals surface area contributed by atoms with E-state index in [1.54, 1.807) is 12.1 Å². The maximum absolute atomic E-state index is 13.9. The minimum atomic E-state index is -0.370. The number of piperazine rings is 1. The number of methoxy groups -OCH3 is 1. The molecule has 3 aromatic carbocycles. The monoisotopic (exact) mass is 652 g/mol. The van der Waals surface area contributed by atoms with E-state index in [0.29, 0.717) is 28.9 Å². The molecule has 5 rings (SSSR count). The first-order valence-electron chi connectivity index (χ1n) is 17.4. The van der Waals surface area contributed by atoms with Crippen LogP contribution < -0.4 is 5.32 Å². The zero-order valence-corrected chi connectivity index (χ0v) is 29.3. The van der Waals surface area contributed by atoms with Gasteiger partial charge in [-0.2, -0.15) is 0 Å². The SMILES string of the molecule is COC(=O)c1ccc(Nc2nc3ccc(C(=O)N(CCC(C)C)CCC(C)C)cc3n2CCN2CCN(Cc3ccccc3)CC2)cc1. The summed E-state index contributed by atoms with van der Waals surface area (Å²) in [5.74, 6) is 1.47. The van der Waals surface area contributed by atoms with Gasteiger partial charge in [0, 0.05) is 70.2 Å². The number of hydrogen-bond acceptors (Lipinski definition) is 7. The average molecular weight is 653 g/mol. The molecule has 0 bridgehead atoms. The Bertz CT molecular complexity index is 1610. The Balaban J connectivity index is 1.37. The van der Waals surface area contributed by atoms with Gasteiger partial charge in [0.25, 0.3) is 5.91 Å². The fourth-order valence-electron chi connectivity index (χ4n) is 6.09. The average Bonchev–Trinajstić information content (AvgIpc) is 3.43. The first-order chi connectivity index (χ1) is 23.2. The van der Waals surface area contributed by atoms with Crippen molar-refractivity contribution in [3.8, 4) is 0 Å². The van der Waals surface area contributed by atoms with Crippen LogP contribution in [0.2, 0.25) is 0 Å². The van der Waals surface area contributed by atoms with Crippen molar-refractivity contribution < 1.29 is 14.3 Å². The van der Waals surface area contributed by atoms with Crippen molar-refractivity contribution in [3.05, 3.63) is 89.5 Å². The molecule has 1 aliphatic rings. The van der Waals surface area contributed by atoms with Crippen molar-refractivity contribution in [2.45, 2.75) is 53.6 Å². The van der Waals surface area contributed by atoms with E-state index in [9.17, 15) is 9.59 Å². The van der Waals surface area contributed by atoms with Crippen LogP contribution in [0.3, 0.4) is 0 Å². The molecule has 0 radical (unpaired) electrons. The predicted octanol–water partition coefficient (Wildman–Crippen LogP) is 6.92. The molecule has 0 atom stereocenters. The predicted molar refractivity (Wildman–Crippen MR) is 194 cm³/mol. The Labute approximate surface area is 285 Å². The third kappa shape index (κ3) is 9.45. The number of hydrogen-bond donors (Lipinski definition) is 1. The lowest BCUT2D eigenvalue weighted by atomic mass is 10.1. The van der Waals surface area contributed by atoms with E-state index >= 15 is 0 Å². The van der Waals surface area contributed by atoms with Crippen molar-refractivity contribution in [3.63, 3.8) is 0 Å². The number of anilines is 2. The molecule has 1 aromatic heterocycles. The molecule has 1 fully saturated rings. The molecule has 2 heterocycles. The molecule has 48 heavy (non-hydrogen) atoms. The number of fused-ring (bicyclic) bond motifs is 1. The minimum Gasteiger partial charge on any atom is -0.465 e. The van der Waals surface area contributed by atoms with Gasteiger partial charge in [-0.15, -0.1) is 0 Å². The molecule has 1 N–H and O–H groups in total. The van der Waals surface area contributed by atoms with E-state index in [2.05, 4.69) is 77.7 Å². The maximum atomic E-state index is 13.9. The van der Waals surface area contributed by atoms with Crippen LogP contribution in [0, 0.1) is 11.8 Å². The highest BCUT2D eigenvalue weighted by molar-refractivity contribution is 5.98. The third-order valence-corrected chi connectivity index (χ3v) is 9.15. The number of carbonyl (C=O) groups is 2. The van der Waals surface area contributed by atoms with E-state index in [1.807, 2.05) is 35.2 Å². The Morgan fingerprint density at radius 1 is 0.812 bits per heavy atom. The van der Waals surface area contributed by atoms with E-state index in [-0.39, 0.29) is 11.9 Å². The number of amides is 1. The number of nitrogens with zero attached hydrogens (tertiary/aromatic N) is 5. The quantitative estimate of drug-likeness (QED) is 0.140. The molecule has 256 valence electrons. The van der Waals surface area contributed by atoms with Crippen molar-refractivity contribution in [1.29, 1.82) is 0 Å². The first kappa shape index (κ1) is 35.1. The molecule has 1 amide bonds. The largest absolute Gasteiger partial charge is 0.465 e. The molecule has 0 saturated carbocycles. The lowest BCUT2D eigenvalue weighted by Gasteiger charge is -2.34. The van der Waals surface area contributed by atoms with Crippen LogP contribution in [0.5, 0.6) is 0 Å². The third-order valence-electron chi connectivity index (χ3n) is 9.15. The van der Waals surface area contributed by atoms with Crippen LogP contribution in [0.15, 0.2) is 72.8 Å². The summed E-state index contributed by atoms with van der Waals surface area (Å²) < 4.78 is 7.06. The summed E-state index contributed by atoms with van der Waals surface area (Å²) in [6, 6.07) is 23.8. The van der Waals surface area contributed by atoms with Crippen LogP contribution in [0.1, 0.15) is 66.8 Å². The Kier molecular flexibility index (Phi) is 12.3. The normalized spacial score (nSPS) is 14.1. The number of aromatic nitrogens is 2. The standard InChI is InChI=1S/C39H52N6O3/c1-29(2)17-19-44(20-18-30(3)4)37(46)33-13-16-35-36(27-33)45(39(41-35)40-34-14-11-32(12-15-34)38(47)48-5)26-25-42-21-23-43(24-22-42)28-31-9-7-6-8-10-31/h6-16,27,29-30H,17-26,28H2,1-5H3,(H,40,41). The molecule has 1 aliphatic heterocycles. The van der Waals surface area contributed by atoms with E-state index < -0.39 is 0 Å². The van der Waals surface area contributed by atoms with Gasteiger partial charge in [-0.3, -0.25) is 14.6 Å². The Hall–Kier alpha value is -4.21. The van der Waals surface area contributed by atoms with Crippen LogP contribution in [-0.2, 0) is 17.8 Å². The van der Waals surface area contributed by atoms with E-state index in [1.165, 1.54) is 12.7 Å². The molecule has 0 unspecified atom stereocenters. The zero-order chi connectivity index (χ0) is 34.0. The second-order valence-corrected chi connectivity index (χ2v) is 13.7. The summed E-state index contributed by atoms with van der Waals surface area (Å²) in [5, 5.41) is 3.48. The summed E-state index contributed by atoms with van der Waals surface area (Å²) in [5.41, 5.74) is 5.13. The maximum Gasteiger partial charge on any atom is 0.337 e. The summed E-state index contributed by atoms with van der Waals surface area (Å²) in [6.07, 6.45) is 1.96.